The summed E-state index contributed by atoms with van der Waals surface area (Å²) in [7, 11) is 0. The van der Waals surface area contributed by atoms with Crippen LogP contribution in [-0.2, 0) is 4.74 Å². The summed E-state index contributed by atoms with van der Waals surface area (Å²) in [5.41, 5.74) is 0.676. The molecule has 5 heteroatoms. The van der Waals surface area contributed by atoms with E-state index in [1.807, 2.05) is 13.8 Å². The van der Waals surface area contributed by atoms with Crippen LogP contribution in [-0.4, -0.2) is 28.8 Å². The van der Waals surface area contributed by atoms with Gasteiger partial charge in [-0.2, -0.15) is 5.10 Å². The van der Waals surface area contributed by atoms with Gasteiger partial charge >= 0.3 is 0 Å². The molecule has 0 radical (unpaired) electrons. The monoisotopic (exact) mass is 300 g/mol. The highest BCUT2D eigenvalue weighted by Gasteiger charge is 2.28. The predicted octanol–water partition coefficient (Wildman–Crippen LogP) is 2.84. The van der Waals surface area contributed by atoms with Crippen LogP contribution in [0.5, 0.6) is 0 Å². The number of rotatable bonds is 3. The Kier molecular flexibility index (Phi) is 3.99. The lowest BCUT2D eigenvalue weighted by Gasteiger charge is -2.22. The van der Waals surface area contributed by atoms with E-state index in [2.05, 4.69) is 21.0 Å². The van der Waals surface area contributed by atoms with Crippen molar-refractivity contribution < 1.29 is 9.53 Å². The van der Waals surface area contributed by atoms with Crippen LogP contribution in [0.3, 0.4) is 0 Å². The molecule has 4 nitrogen and oxygen atoms in total. The van der Waals surface area contributed by atoms with Crippen LogP contribution in [0, 0.1) is 5.92 Å². The van der Waals surface area contributed by atoms with Crippen LogP contribution in [0.4, 0.5) is 0 Å². The number of hydrogen-bond donors (Lipinski definition) is 0. The van der Waals surface area contributed by atoms with Crippen molar-refractivity contribution in [1.29, 1.82) is 0 Å². The van der Waals surface area contributed by atoms with E-state index >= 15 is 0 Å². The minimum Gasteiger partial charge on any atom is -0.381 e. The molecule has 94 valence electrons. The first-order chi connectivity index (χ1) is 8.11. The summed E-state index contributed by atoms with van der Waals surface area (Å²) < 4.78 is 7.93. The van der Waals surface area contributed by atoms with Gasteiger partial charge in [-0.25, -0.2) is 0 Å². The lowest BCUT2D eigenvalue weighted by Crippen LogP contribution is -2.27. The molecule has 1 aromatic heterocycles. The summed E-state index contributed by atoms with van der Waals surface area (Å²) >= 11 is 3.41. The van der Waals surface area contributed by atoms with Gasteiger partial charge < -0.3 is 4.74 Å². The second-order valence-electron chi connectivity index (χ2n) is 4.66. The quantitative estimate of drug-likeness (QED) is 0.806. The maximum absolute atomic E-state index is 12.4. The molecular formula is C12H17BrN2O2. The molecule has 0 spiro atoms. The molecule has 17 heavy (non-hydrogen) atoms. The Bertz CT molecular complexity index is 409. The molecular weight excluding hydrogens is 284 g/mol. The standard InChI is InChI=1S/C12H17BrN2O2/c1-8(2)15-11(10(13)6-14-15)12(16)9-4-3-5-17-7-9/h6,8-9H,3-5,7H2,1-2H3. The number of hydrogen-bond acceptors (Lipinski definition) is 3. The summed E-state index contributed by atoms with van der Waals surface area (Å²) in [5.74, 6) is 0.122. The van der Waals surface area contributed by atoms with Gasteiger partial charge in [0, 0.05) is 18.6 Å². The van der Waals surface area contributed by atoms with Gasteiger partial charge in [-0.15, -0.1) is 0 Å². The van der Waals surface area contributed by atoms with Gasteiger partial charge in [0.25, 0.3) is 0 Å². The van der Waals surface area contributed by atoms with Crippen molar-refractivity contribution in [2.75, 3.05) is 13.2 Å². The van der Waals surface area contributed by atoms with Crippen LogP contribution in [0.1, 0.15) is 43.2 Å². The van der Waals surface area contributed by atoms with Crippen molar-refractivity contribution in [3.05, 3.63) is 16.4 Å². The van der Waals surface area contributed by atoms with E-state index < -0.39 is 0 Å². The number of halogens is 1. The van der Waals surface area contributed by atoms with Crippen molar-refractivity contribution in [1.82, 2.24) is 9.78 Å². The van der Waals surface area contributed by atoms with E-state index in [0.717, 1.165) is 23.9 Å². The van der Waals surface area contributed by atoms with Crippen LogP contribution < -0.4 is 0 Å². The van der Waals surface area contributed by atoms with Crippen molar-refractivity contribution >= 4 is 21.7 Å². The van der Waals surface area contributed by atoms with Gasteiger partial charge in [0.05, 0.1) is 17.3 Å². The van der Waals surface area contributed by atoms with Crippen LogP contribution in [0.2, 0.25) is 0 Å². The Morgan fingerprint density at radius 2 is 2.41 bits per heavy atom. The predicted molar refractivity (Wildman–Crippen MR) is 68.2 cm³/mol. The fourth-order valence-electron chi connectivity index (χ4n) is 2.10. The molecule has 1 aliphatic rings. The normalized spacial score (nSPS) is 20.8. The molecule has 0 aromatic carbocycles. The Morgan fingerprint density at radius 1 is 1.65 bits per heavy atom. The van der Waals surface area contributed by atoms with Crippen LogP contribution >= 0.6 is 15.9 Å². The van der Waals surface area contributed by atoms with Crippen molar-refractivity contribution in [2.45, 2.75) is 32.7 Å². The van der Waals surface area contributed by atoms with Crippen molar-refractivity contribution in [3.8, 4) is 0 Å². The zero-order valence-electron chi connectivity index (χ0n) is 10.1. The Balaban J connectivity index is 2.26. The maximum Gasteiger partial charge on any atom is 0.187 e. The first-order valence-electron chi connectivity index (χ1n) is 5.96. The third-order valence-corrected chi connectivity index (χ3v) is 3.58. The Hall–Kier alpha value is -0.680. The Morgan fingerprint density at radius 3 is 3.00 bits per heavy atom. The minimum absolute atomic E-state index is 0.0192. The maximum atomic E-state index is 12.4. The fraction of sp³-hybridized carbons (Fsp3) is 0.667. The van der Waals surface area contributed by atoms with E-state index in [4.69, 9.17) is 4.74 Å². The van der Waals surface area contributed by atoms with Crippen LogP contribution in [0.15, 0.2) is 10.7 Å². The molecule has 1 aliphatic heterocycles. The highest BCUT2D eigenvalue weighted by Crippen LogP contribution is 2.26. The van der Waals surface area contributed by atoms with Gasteiger partial charge in [-0.1, -0.05) is 0 Å². The third kappa shape index (κ3) is 2.60. The number of carbonyl (C=O) groups is 1. The number of carbonyl (C=O) groups excluding carboxylic acids is 1. The summed E-state index contributed by atoms with van der Waals surface area (Å²) in [5, 5.41) is 4.24. The first kappa shape index (κ1) is 12.8. The first-order valence-corrected chi connectivity index (χ1v) is 6.75. The molecule has 0 bridgehead atoms. The summed E-state index contributed by atoms with van der Waals surface area (Å²) in [4.78, 5) is 12.4. The third-order valence-electron chi connectivity index (χ3n) is 3.00. The fourth-order valence-corrected chi connectivity index (χ4v) is 2.57. The zero-order valence-corrected chi connectivity index (χ0v) is 11.7. The topological polar surface area (TPSA) is 44.1 Å². The van der Waals surface area contributed by atoms with Crippen molar-refractivity contribution in [3.63, 3.8) is 0 Å². The molecule has 2 heterocycles. The van der Waals surface area contributed by atoms with Gasteiger partial charge in [0.1, 0.15) is 5.69 Å². The molecule has 0 aliphatic carbocycles. The molecule has 1 unspecified atom stereocenters. The van der Waals surface area contributed by atoms with E-state index in [9.17, 15) is 4.79 Å². The number of aromatic nitrogens is 2. The molecule has 1 saturated heterocycles. The number of nitrogens with zero attached hydrogens (tertiary/aromatic N) is 2. The molecule has 1 fully saturated rings. The van der Waals surface area contributed by atoms with E-state index in [-0.39, 0.29) is 17.7 Å². The average molecular weight is 301 g/mol. The zero-order chi connectivity index (χ0) is 12.4. The molecule has 0 N–H and O–H groups in total. The molecule has 1 aromatic rings. The number of ether oxygens (including phenoxy) is 1. The average Bonchev–Trinajstić information content (AvgIpc) is 2.71. The smallest absolute Gasteiger partial charge is 0.187 e. The van der Waals surface area contributed by atoms with Gasteiger partial charge in [0.2, 0.25) is 0 Å². The van der Waals surface area contributed by atoms with Crippen LogP contribution in [0.25, 0.3) is 0 Å². The van der Waals surface area contributed by atoms with Gasteiger partial charge in [0.15, 0.2) is 5.78 Å². The van der Waals surface area contributed by atoms with Gasteiger partial charge in [-0.05, 0) is 42.6 Å². The van der Waals surface area contributed by atoms with Crippen molar-refractivity contribution in [2.24, 2.45) is 5.92 Å². The SMILES string of the molecule is CC(C)n1ncc(Br)c1C(=O)C1CCCOC1. The van der Waals surface area contributed by atoms with Gasteiger partial charge in [-0.3, -0.25) is 9.48 Å². The highest BCUT2D eigenvalue weighted by atomic mass is 79.9. The number of ketones is 1. The largest absolute Gasteiger partial charge is 0.381 e. The lowest BCUT2D eigenvalue weighted by atomic mass is 9.95. The molecule has 2 rings (SSSR count). The molecule has 1 atom stereocenters. The second kappa shape index (κ2) is 5.31. The lowest BCUT2D eigenvalue weighted by molar-refractivity contribution is 0.0453. The minimum atomic E-state index is -0.0192. The van der Waals surface area contributed by atoms with E-state index in [1.54, 1.807) is 10.9 Å². The van der Waals surface area contributed by atoms with E-state index in [1.165, 1.54) is 0 Å². The molecule has 0 amide bonds. The molecule has 0 saturated carbocycles. The summed E-state index contributed by atoms with van der Waals surface area (Å²) in [6.45, 7) is 5.35. The number of Topliss-reactive ketones (excluding diaryl/α,β-unsaturated/α-hetero) is 1. The second-order valence-corrected chi connectivity index (χ2v) is 5.51. The van der Waals surface area contributed by atoms with E-state index in [0.29, 0.717) is 12.3 Å². The highest BCUT2D eigenvalue weighted by molar-refractivity contribution is 9.10. The summed E-state index contributed by atoms with van der Waals surface area (Å²) in [6, 6.07) is 0.185. The Labute approximate surface area is 109 Å². The summed E-state index contributed by atoms with van der Waals surface area (Å²) in [6.07, 6.45) is 3.56.